The van der Waals surface area contributed by atoms with Crippen LogP contribution in [0.1, 0.15) is 11.1 Å². The summed E-state index contributed by atoms with van der Waals surface area (Å²) >= 11 is 1.69. The molecule has 0 saturated heterocycles. The first-order valence-corrected chi connectivity index (χ1v) is 7.29. The number of rotatable bonds is 2. The minimum atomic E-state index is 0.442. The molecule has 3 aromatic rings. The molecule has 0 fully saturated rings. The number of nitrogens with one attached hydrogen (secondary N) is 1. The fraction of sp³-hybridized carbons (Fsp3) is 0.200. The highest BCUT2D eigenvalue weighted by molar-refractivity contribution is 7.17. The van der Waals surface area contributed by atoms with Crippen molar-refractivity contribution in [2.24, 2.45) is 0 Å². The molecule has 0 amide bonds. The molecule has 0 saturated carbocycles. The molecule has 0 bridgehead atoms. The number of nitrogens with zero attached hydrogens (tertiary/aromatic N) is 2. The fourth-order valence-electron chi connectivity index (χ4n) is 2.75. The molecule has 0 unspecified atom stereocenters. The molecule has 2 aromatic heterocycles. The highest BCUT2D eigenvalue weighted by Gasteiger charge is 2.21. The van der Waals surface area contributed by atoms with Gasteiger partial charge in [0.25, 0.3) is 0 Å². The molecule has 1 N–H and O–H groups in total. The third-order valence-corrected chi connectivity index (χ3v) is 4.55. The smallest absolute Gasteiger partial charge is 0.147 e. The molecule has 4 heteroatoms. The van der Waals surface area contributed by atoms with E-state index in [4.69, 9.17) is 0 Å². The van der Waals surface area contributed by atoms with E-state index in [1.165, 1.54) is 11.1 Å². The number of hydrogen-bond acceptors (Lipinski definition) is 4. The van der Waals surface area contributed by atoms with Gasteiger partial charge < -0.3 is 5.32 Å². The number of benzene rings is 1. The van der Waals surface area contributed by atoms with Crippen LogP contribution in [0, 0.1) is 0 Å². The summed E-state index contributed by atoms with van der Waals surface area (Å²) in [7, 11) is 0. The standard InChI is InChI=1S/C15H13N3S/c1-2-4-11-8-12(7-10(11)3-1)18-15-14-13(5-6-19-14)16-9-17-15/h1-6,9,12H,7-8H2,(H,16,17,18). The van der Waals surface area contributed by atoms with Gasteiger partial charge in [-0.2, -0.15) is 0 Å². The normalized spacial score (nSPS) is 14.7. The Morgan fingerprint density at radius 1 is 1.05 bits per heavy atom. The number of hydrogen-bond donors (Lipinski definition) is 1. The Hall–Kier alpha value is -1.94. The first-order chi connectivity index (χ1) is 9.40. The van der Waals surface area contributed by atoms with Crippen molar-refractivity contribution in [3.8, 4) is 0 Å². The molecule has 2 heterocycles. The van der Waals surface area contributed by atoms with Crippen LogP contribution in [0.3, 0.4) is 0 Å². The van der Waals surface area contributed by atoms with Gasteiger partial charge in [0, 0.05) is 6.04 Å². The first-order valence-electron chi connectivity index (χ1n) is 6.42. The summed E-state index contributed by atoms with van der Waals surface area (Å²) in [6, 6.07) is 11.1. The summed E-state index contributed by atoms with van der Waals surface area (Å²) < 4.78 is 1.15. The average Bonchev–Trinajstić information content (AvgIpc) is 3.04. The van der Waals surface area contributed by atoms with Gasteiger partial charge in [-0.25, -0.2) is 9.97 Å². The Morgan fingerprint density at radius 3 is 2.63 bits per heavy atom. The molecule has 1 aliphatic rings. The lowest BCUT2D eigenvalue weighted by Gasteiger charge is -2.12. The minimum Gasteiger partial charge on any atom is -0.365 e. The molecular weight excluding hydrogens is 254 g/mol. The Balaban J connectivity index is 1.62. The SMILES string of the molecule is c1ccc2c(c1)CC(Nc1ncnc3ccsc13)C2. The predicted octanol–water partition coefficient (Wildman–Crippen LogP) is 3.27. The van der Waals surface area contributed by atoms with E-state index in [2.05, 4.69) is 44.9 Å². The van der Waals surface area contributed by atoms with Gasteiger partial charge in [-0.15, -0.1) is 11.3 Å². The van der Waals surface area contributed by atoms with E-state index in [1.54, 1.807) is 17.7 Å². The van der Waals surface area contributed by atoms with E-state index < -0.39 is 0 Å². The summed E-state index contributed by atoms with van der Waals surface area (Å²) in [5.74, 6) is 0.970. The van der Waals surface area contributed by atoms with Crippen molar-refractivity contribution >= 4 is 27.4 Å². The van der Waals surface area contributed by atoms with Crippen molar-refractivity contribution in [1.29, 1.82) is 0 Å². The van der Waals surface area contributed by atoms with Crippen molar-refractivity contribution in [3.63, 3.8) is 0 Å². The monoisotopic (exact) mass is 267 g/mol. The largest absolute Gasteiger partial charge is 0.365 e. The van der Waals surface area contributed by atoms with Crippen LogP contribution in [0.2, 0.25) is 0 Å². The molecule has 19 heavy (non-hydrogen) atoms. The van der Waals surface area contributed by atoms with E-state index in [0.29, 0.717) is 6.04 Å². The topological polar surface area (TPSA) is 37.8 Å². The van der Waals surface area contributed by atoms with Crippen LogP contribution in [0.25, 0.3) is 10.2 Å². The quantitative estimate of drug-likeness (QED) is 0.774. The Kier molecular flexibility index (Phi) is 2.48. The molecule has 3 nitrogen and oxygen atoms in total. The van der Waals surface area contributed by atoms with Gasteiger partial charge in [-0.05, 0) is 35.4 Å². The van der Waals surface area contributed by atoms with Crippen LogP contribution in [0.15, 0.2) is 42.0 Å². The summed E-state index contributed by atoms with van der Waals surface area (Å²) in [5, 5.41) is 5.64. The third kappa shape index (κ3) is 1.88. The van der Waals surface area contributed by atoms with E-state index in [-0.39, 0.29) is 0 Å². The van der Waals surface area contributed by atoms with Crippen LogP contribution >= 0.6 is 11.3 Å². The lowest BCUT2D eigenvalue weighted by molar-refractivity contribution is 0.770. The summed E-state index contributed by atoms with van der Waals surface area (Å²) in [6.07, 6.45) is 3.79. The number of aromatic nitrogens is 2. The van der Waals surface area contributed by atoms with Crippen LogP contribution in [-0.4, -0.2) is 16.0 Å². The molecule has 1 aromatic carbocycles. The van der Waals surface area contributed by atoms with Crippen LogP contribution in [0.4, 0.5) is 5.82 Å². The lowest BCUT2D eigenvalue weighted by Crippen LogP contribution is -2.20. The summed E-state index contributed by atoms with van der Waals surface area (Å²) in [5.41, 5.74) is 3.94. The van der Waals surface area contributed by atoms with Crippen molar-refractivity contribution in [3.05, 3.63) is 53.2 Å². The molecule has 1 aliphatic carbocycles. The zero-order valence-electron chi connectivity index (χ0n) is 10.3. The van der Waals surface area contributed by atoms with Crippen molar-refractivity contribution < 1.29 is 0 Å². The molecule has 0 spiro atoms. The lowest BCUT2D eigenvalue weighted by atomic mass is 10.1. The van der Waals surface area contributed by atoms with Crippen LogP contribution in [0.5, 0.6) is 0 Å². The van der Waals surface area contributed by atoms with Gasteiger partial charge >= 0.3 is 0 Å². The highest BCUT2D eigenvalue weighted by Crippen LogP contribution is 2.28. The molecule has 94 valence electrons. The average molecular weight is 267 g/mol. The molecule has 0 atom stereocenters. The number of thiophene rings is 1. The Bertz CT molecular complexity index is 710. The van der Waals surface area contributed by atoms with Gasteiger partial charge in [-0.3, -0.25) is 0 Å². The Morgan fingerprint density at radius 2 is 1.84 bits per heavy atom. The Labute approximate surface area is 115 Å². The molecule has 0 radical (unpaired) electrons. The van der Waals surface area contributed by atoms with E-state index in [9.17, 15) is 0 Å². The second-order valence-corrected chi connectivity index (χ2v) is 5.79. The summed E-state index contributed by atoms with van der Waals surface area (Å²) in [6.45, 7) is 0. The van der Waals surface area contributed by atoms with Gasteiger partial charge in [0.1, 0.15) is 12.1 Å². The van der Waals surface area contributed by atoms with E-state index >= 15 is 0 Å². The maximum atomic E-state index is 4.39. The predicted molar refractivity (Wildman–Crippen MR) is 78.7 cm³/mol. The van der Waals surface area contributed by atoms with Crippen molar-refractivity contribution in [2.75, 3.05) is 5.32 Å². The first kappa shape index (κ1) is 10.9. The van der Waals surface area contributed by atoms with Gasteiger partial charge in [0.15, 0.2) is 0 Å². The van der Waals surface area contributed by atoms with E-state index in [0.717, 1.165) is 28.9 Å². The van der Waals surface area contributed by atoms with Crippen molar-refractivity contribution in [1.82, 2.24) is 9.97 Å². The molecule has 0 aliphatic heterocycles. The molecule has 4 rings (SSSR count). The summed E-state index contributed by atoms with van der Waals surface area (Å²) in [4.78, 5) is 8.67. The zero-order chi connectivity index (χ0) is 12.7. The van der Waals surface area contributed by atoms with Gasteiger partial charge in [-0.1, -0.05) is 24.3 Å². The fourth-order valence-corrected chi connectivity index (χ4v) is 3.54. The number of anilines is 1. The van der Waals surface area contributed by atoms with Gasteiger partial charge in [0.2, 0.25) is 0 Å². The maximum absolute atomic E-state index is 4.39. The van der Waals surface area contributed by atoms with Crippen LogP contribution in [-0.2, 0) is 12.8 Å². The maximum Gasteiger partial charge on any atom is 0.147 e. The number of fused-ring (bicyclic) bond motifs is 2. The minimum absolute atomic E-state index is 0.442. The highest BCUT2D eigenvalue weighted by atomic mass is 32.1. The third-order valence-electron chi connectivity index (χ3n) is 3.64. The van der Waals surface area contributed by atoms with Crippen LogP contribution < -0.4 is 5.32 Å². The molecular formula is C15H13N3S. The van der Waals surface area contributed by atoms with E-state index in [1.807, 2.05) is 6.07 Å². The van der Waals surface area contributed by atoms with Gasteiger partial charge in [0.05, 0.1) is 10.2 Å². The second kappa shape index (κ2) is 4.31. The second-order valence-electron chi connectivity index (χ2n) is 4.88. The van der Waals surface area contributed by atoms with Crippen molar-refractivity contribution in [2.45, 2.75) is 18.9 Å². The zero-order valence-corrected chi connectivity index (χ0v) is 11.2.